The summed E-state index contributed by atoms with van der Waals surface area (Å²) in [4.78, 5) is 13.7. The van der Waals surface area contributed by atoms with Crippen molar-refractivity contribution in [3.8, 4) is 0 Å². The van der Waals surface area contributed by atoms with Crippen molar-refractivity contribution in [2.24, 2.45) is 0 Å². The Morgan fingerprint density at radius 3 is 2.85 bits per heavy atom. The van der Waals surface area contributed by atoms with E-state index in [1.54, 1.807) is 0 Å². The number of hydrogen-bond acceptors (Lipinski definition) is 1. The van der Waals surface area contributed by atoms with E-state index in [9.17, 15) is 13.6 Å². The van der Waals surface area contributed by atoms with Crippen molar-refractivity contribution >= 4 is 17.5 Å². The van der Waals surface area contributed by atoms with Gasteiger partial charge in [0.15, 0.2) is 0 Å². The highest BCUT2D eigenvalue weighted by molar-refractivity contribution is 6.18. The highest BCUT2D eigenvalue weighted by Gasteiger charge is 2.30. The van der Waals surface area contributed by atoms with Crippen molar-refractivity contribution in [2.75, 3.05) is 19.0 Å². The third-order valence-electron chi connectivity index (χ3n) is 3.69. The second kappa shape index (κ2) is 7.02. The number of nitrogens with zero attached hydrogens (tertiary/aromatic N) is 1. The molecule has 1 aliphatic rings. The van der Waals surface area contributed by atoms with Crippen molar-refractivity contribution in [1.29, 1.82) is 0 Å². The van der Waals surface area contributed by atoms with Gasteiger partial charge in [-0.3, -0.25) is 4.79 Å². The van der Waals surface area contributed by atoms with Gasteiger partial charge in [-0.1, -0.05) is 24.3 Å². The molecule has 0 N–H and O–H groups in total. The zero-order chi connectivity index (χ0) is 14.5. The summed E-state index contributed by atoms with van der Waals surface area (Å²) >= 11 is 5.62. The summed E-state index contributed by atoms with van der Waals surface area (Å²) in [7, 11) is 0. The Morgan fingerprint density at radius 1 is 1.40 bits per heavy atom. The second-order valence-electron chi connectivity index (χ2n) is 5.01. The predicted octanol–water partition coefficient (Wildman–Crippen LogP) is 3.44. The molecule has 1 atom stereocenters. The lowest BCUT2D eigenvalue weighted by Gasteiger charge is -2.30. The first-order chi connectivity index (χ1) is 9.63. The van der Waals surface area contributed by atoms with Crippen LogP contribution in [0.1, 0.15) is 29.9 Å². The van der Waals surface area contributed by atoms with Gasteiger partial charge in [0.05, 0.1) is 12.5 Å². The van der Waals surface area contributed by atoms with E-state index in [-0.39, 0.29) is 24.2 Å². The third-order valence-corrected chi connectivity index (χ3v) is 3.86. The van der Waals surface area contributed by atoms with Gasteiger partial charge in [0.1, 0.15) is 0 Å². The first-order valence-corrected chi connectivity index (χ1v) is 7.37. The summed E-state index contributed by atoms with van der Waals surface area (Å²) in [5.41, 5.74) is 2.14. The summed E-state index contributed by atoms with van der Waals surface area (Å²) in [6.07, 6.45) is 0.0555. The number of amides is 1. The molecule has 0 bridgehead atoms. The molecule has 1 amide bonds. The Kier molecular flexibility index (Phi) is 5.35. The highest BCUT2D eigenvalue weighted by atomic mass is 35.5. The van der Waals surface area contributed by atoms with Crippen LogP contribution < -0.4 is 0 Å². The maximum atomic E-state index is 12.6. The van der Waals surface area contributed by atoms with Gasteiger partial charge in [-0.25, -0.2) is 8.78 Å². The van der Waals surface area contributed by atoms with Gasteiger partial charge in [-0.05, 0) is 30.4 Å². The van der Waals surface area contributed by atoms with Crippen molar-refractivity contribution in [2.45, 2.75) is 31.6 Å². The maximum absolute atomic E-state index is 12.6. The van der Waals surface area contributed by atoms with Crippen LogP contribution in [0.5, 0.6) is 0 Å². The number of carbonyl (C=O) groups is 1. The summed E-state index contributed by atoms with van der Waals surface area (Å²) in [5.74, 6) is -0.354. The summed E-state index contributed by atoms with van der Waals surface area (Å²) in [5, 5.41) is 0. The number of benzene rings is 1. The van der Waals surface area contributed by atoms with E-state index in [2.05, 4.69) is 0 Å². The van der Waals surface area contributed by atoms with Crippen molar-refractivity contribution in [3.05, 3.63) is 35.4 Å². The zero-order valence-corrected chi connectivity index (χ0v) is 12.0. The average Bonchev–Trinajstić information content (AvgIpc) is 2.45. The summed E-state index contributed by atoms with van der Waals surface area (Å²) in [6, 6.07) is 7.77. The number of carbonyl (C=O) groups excluding carboxylic acids is 1. The smallest absolute Gasteiger partial charge is 0.255 e. The van der Waals surface area contributed by atoms with Crippen LogP contribution in [0.25, 0.3) is 0 Å². The normalized spacial score (nSPS) is 17.9. The van der Waals surface area contributed by atoms with Crippen LogP contribution in [0, 0.1) is 0 Å². The van der Waals surface area contributed by atoms with Gasteiger partial charge in [0, 0.05) is 12.4 Å². The molecule has 1 aliphatic carbocycles. The van der Waals surface area contributed by atoms with Crippen LogP contribution in [0.15, 0.2) is 24.3 Å². The molecule has 0 spiro atoms. The number of aryl methyl sites for hydroxylation is 1. The zero-order valence-electron chi connectivity index (χ0n) is 11.2. The standard InChI is InChI=1S/C15H18ClF2NO/c16-8-9-19(10-14(17)18)15(20)13-7-3-5-11-4-1-2-6-12(11)13/h1-2,4,6,13-14H,3,5,7-10H2. The minimum Gasteiger partial charge on any atom is -0.335 e. The molecule has 0 saturated carbocycles. The molecule has 20 heavy (non-hydrogen) atoms. The molecule has 2 nitrogen and oxygen atoms in total. The SMILES string of the molecule is O=C(C1CCCc2ccccc21)N(CCCl)CC(F)F. The van der Waals surface area contributed by atoms with E-state index < -0.39 is 13.0 Å². The minimum atomic E-state index is -2.53. The fraction of sp³-hybridized carbons (Fsp3) is 0.533. The van der Waals surface area contributed by atoms with E-state index in [1.165, 1.54) is 4.90 Å². The van der Waals surface area contributed by atoms with E-state index >= 15 is 0 Å². The van der Waals surface area contributed by atoms with Crippen LogP contribution in [0.4, 0.5) is 8.78 Å². The molecule has 0 saturated heterocycles. The molecule has 0 radical (unpaired) electrons. The largest absolute Gasteiger partial charge is 0.335 e. The maximum Gasteiger partial charge on any atom is 0.255 e. The average molecular weight is 302 g/mol. The Bertz CT molecular complexity index is 467. The number of alkyl halides is 3. The molecular formula is C15H18ClF2NO. The Morgan fingerprint density at radius 2 is 2.15 bits per heavy atom. The summed E-state index contributed by atoms with van der Waals surface area (Å²) < 4.78 is 25.2. The fourth-order valence-electron chi connectivity index (χ4n) is 2.79. The lowest BCUT2D eigenvalue weighted by molar-refractivity contribution is -0.134. The molecule has 2 rings (SSSR count). The molecule has 0 aromatic heterocycles. The monoisotopic (exact) mass is 301 g/mol. The molecule has 0 aliphatic heterocycles. The Labute approximate surface area is 122 Å². The van der Waals surface area contributed by atoms with E-state index in [4.69, 9.17) is 11.6 Å². The number of halogens is 3. The molecule has 1 aromatic carbocycles. The predicted molar refractivity (Wildman–Crippen MR) is 75.4 cm³/mol. The second-order valence-corrected chi connectivity index (χ2v) is 5.39. The lowest BCUT2D eigenvalue weighted by Crippen LogP contribution is -2.40. The Hall–Kier alpha value is -1.16. The number of rotatable bonds is 5. The van der Waals surface area contributed by atoms with Crippen LogP contribution in [0.3, 0.4) is 0 Å². The van der Waals surface area contributed by atoms with Crippen LogP contribution >= 0.6 is 11.6 Å². The molecule has 1 unspecified atom stereocenters. The summed E-state index contributed by atoms with van der Waals surface area (Å²) in [6.45, 7) is -0.367. The number of hydrogen-bond donors (Lipinski definition) is 0. The molecule has 5 heteroatoms. The fourth-order valence-corrected chi connectivity index (χ4v) is 2.99. The Balaban J connectivity index is 2.19. The van der Waals surface area contributed by atoms with Gasteiger partial charge < -0.3 is 4.90 Å². The molecule has 1 aromatic rings. The quantitative estimate of drug-likeness (QED) is 0.763. The van der Waals surface area contributed by atoms with Gasteiger partial charge in [-0.2, -0.15) is 0 Å². The van der Waals surface area contributed by atoms with Crippen molar-refractivity contribution in [3.63, 3.8) is 0 Å². The van der Waals surface area contributed by atoms with Gasteiger partial charge in [0.25, 0.3) is 6.43 Å². The first kappa shape index (κ1) is 15.2. The molecule has 110 valence electrons. The minimum absolute atomic E-state index is 0.170. The third kappa shape index (κ3) is 3.48. The molecule has 0 fully saturated rings. The van der Waals surface area contributed by atoms with Crippen molar-refractivity contribution < 1.29 is 13.6 Å². The van der Waals surface area contributed by atoms with E-state index in [0.717, 1.165) is 30.4 Å². The van der Waals surface area contributed by atoms with Gasteiger partial charge in [0.2, 0.25) is 5.91 Å². The lowest BCUT2D eigenvalue weighted by atomic mass is 9.82. The van der Waals surface area contributed by atoms with Crippen LogP contribution in [-0.2, 0) is 11.2 Å². The van der Waals surface area contributed by atoms with Crippen LogP contribution in [0.2, 0.25) is 0 Å². The van der Waals surface area contributed by atoms with Gasteiger partial charge >= 0.3 is 0 Å². The van der Waals surface area contributed by atoms with E-state index in [1.807, 2.05) is 24.3 Å². The molecular weight excluding hydrogens is 284 g/mol. The van der Waals surface area contributed by atoms with Crippen LogP contribution in [-0.4, -0.2) is 36.2 Å². The molecule has 0 heterocycles. The van der Waals surface area contributed by atoms with E-state index in [0.29, 0.717) is 0 Å². The topological polar surface area (TPSA) is 20.3 Å². The number of fused-ring (bicyclic) bond motifs is 1. The first-order valence-electron chi connectivity index (χ1n) is 6.84. The van der Waals surface area contributed by atoms with Crippen molar-refractivity contribution in [1.82, 2.24) is 4.90 Å². The highest BCUT2D eigenvalue weighted by Crippen LogP contribution is 2.33. The van der Waals surface area contributed by atoms with Gasteiger partial charge in [-0.15, -0.1) is 11.6 Å².